The molecule has 2 unspecified atom stereocenters. The van der Waals surface area contributed by atoms with E-state index in [1.165, 1.54) is 6.42 Å². The normalized spacial score (nSPS) is 21.7. The van der Waals surface area contributed by atoms with Crippen molar-refractivity contribution >= 4 is 5.78 Å². The fourth-order valence-corrected chi connectivity index (χ4v) is 3.19. The van der Waals surface area contributed by atoms with E-state index in [9.17, 15) is 4.79 Å². The molecule has 1 saturated carbocycles. The molecule has 4 heteroatoms. The number of rotatable bonds is 5. The first-order valence-corrected chi connectivity index (χ1v) is 7.45. The van der Waals surface area contributed by atoms with E-state index in [4.69, 9.17) is 14.2 Å². The van der Waals surface area contributed by atoms with Crippen LogP contribution in [-0.4, -0.2) is 27.1 Å². The highest BCUT2D eigenvalue weighted by atomic mass is 16.5. The molecule has 2 rings (SSSR count). The van der Waals surface area contributed by atoms with Crippen molar-refractivity contribution in [2.45, 2.75) is 32.6 Å². The van der Waals surface area contributed by atoms with Crippen LogP contribution in [0.4, 0.5) is 0 Å². The van der Waals surface area contributed by atoms with Gasteiger partial charge in [0.2, 0.25) is 5.75 Å². The van der Waals surface area contributed by atoms with Gasteiger partial charge in [0.25, 0.3) is 0 Å². The summed E-state index contributed by atoms with van der Waals surface area (Å²) >= 11 is 0. The summed E-state index contributed by atoms with van der Waals surface area (Å²) in [7, 11) is 4.68. The van der Waals surface area contributed by atoms with E-state index in [1.807, 2.05) is 0 Å². The van der Waals surface area contributed by atoms with Crippen LogP contribution in [0, 0.1) is 11.8 Å². The van der Waals surface area contributed by atoms with Crippen LogP contribution in [0.2, 0.25) is 0 Å². The quantitative estimate of drug-likeness (QED) is 0.776. The Labute approximate surface area is 126 Å². The number of benzene rings is 1. The minimum Gasteiger partial charge on any atom is -0.493 e. The monoisotopic (exact) mass is 292 g/mol. The average molecular weight is 292 g/mol. The van der Waals surface area contributed by atoms with Gasteiger partial charge in [0.1, 0.15) is 0 Å². The molecule has 0 aliphatic heterocycles. The SMILES string of the molecule is COc1ccc(C(=O)C2CCCC(C)C2)c(OC)c1OC. The van der Waals surface area contributed by atoms with Crippen molar-refractivity contribution in [3.05, 3.63) is 17.7 Å². The Hall–Kier alpha value is -1.71. The lowest BCUT2D eigenvalue weighted by molar-refractivity contribution is 0.0864. The maximum atomic E-state index is 12.8. The van der Waals surface area contributed by atoms with Crippen molar-refractivity contribution in [1.82, 2.24) is 0 Å². The summed E-state index contributed by atoms with van der Waals surface area (Å²) in [6.45, 7) is 2.21. The zero-order valence-corrected chi connectivity index (χ0v) is 13.3. The van der Waals surface area contributed by atoms with Gasteiger partial charge < -0.3 is 14.2 Å². The van der Waals surface area contributed by atoms with E-state index < -0.39 is 0 Å². The van der Waals surface area contributed by atoms with Crippen LogP contribution in [0.15, 0.2) is 12.1 Å². The van der Waals surface area contributed by atoms with Gasteiger partial charge in [0.15, 0.2) is 17.3 Å². The van der Waals surface area contributed by atoms with E-state index in [-0.39, 0.29) is 11.7 Å². The minimum absolute atomic E-state index is 0.0840. The van der Waals surface area contributed by atoms with Crippen LogP contribution < -0.4 is 14.2 Å². The van der Waals surface area contributed by atoms with Gasteiger partial charge in [-0.05, 0) is 30.9 Å². The maximum Gasteiger partial charge on any atom is 0.204 e. The molecule has 1 aromatic carbocycles. The Morgan fingerprint density at radius 3 is 2.33 bits per heavy atom. The van der Waals surface area contributed by atoms with Crippen LogP contribution in [0.3, 0.4) is 0 Å². The third-order valence-corrected chi connectivity index (χ3v) is 4.28. The van der Waals surface area contributed by atoms with Crippen LogP contribution >= 0.6 is 0 Å². The Bertz CT molecular complexity index is 510. The molecule has 0 N–H and O–H groups in total. The van der Waals surface area contributed by atoms with E-state index in [2.05, 4.69) is 6.92 Å². The molecular formula is C17H24O4. The number of hydrogen-bond donors (Lipinski definition) is 0. The molecule has 1 fully saturated rings. The lowest BCUT2D eigenvalue weighted by Gasteiger charge is -2.26. The van der Waals surface area contributed by atoms with Gasteiger partial charge in [-0.25, -0.2) is 0 Å². The summed E-state index contributed by atoms with van der Waals surface area (Å²) in [4.78, 5) is 12.8. The van der Waals surface area contributed by atoms with Crippen LogP contribution in [-0.2, 0) is 0 Å². The molecule has 1 aliphatic carbocycles. The van der Waals surface area contributed by atoms with Crippen LogP contribution in [0.5, 0.6) is 17.2 Å². The van der Waals surface area contributed by atoms with Crippen molar-refractivity contribution in [3.8, 4) is 17.2 Å². The summed E-state index contributed by atoms with van der Waals surface area (Å²) < 4.78 is 16.0. The standard InChI is InChI=1S/C17H24O4/c1-11-6-5-7-12(10-11)15(18)13-8-9-14(19-2)17(21-4)16(13)20-3/h8-9,11-12H,5-7,10H2,1-4H3. The zero-order valence-electron chi connectivity index (χ0n) is 13.3. The lowest BCUT2D eigenvalue weighted by atomic mass is 9.78. The van der Waals surface area contributed by atoms with Crippen LogP contribution in [0.1, 0.15) is 43.0 Å². The smallest absolute Gasteiger partial charge is 0.204 e. The first kappa shape index (κ1) is 15.7. The first-order chi connectivity index (χ1) is 10.1. The van der Waals surface area contributed by atoms with Gasteiger partial charge >= 0.3 is 0 Å². The van der Waals surface area contributed by atoms with Crippen molar-refractivity contribution in [2.24, 2.45) is 11.8 Å². The maximum absolute atomic E-state index is 12.8. The molecule has 0 saturated heterocycles. The Morgan fingerprint density at radius 2 is 1.76 bits per heavy atom. The van der Waals surface area contributed by atoms with Gasteiger partial charge in [0, 0.05) is 5.92 Å². The van der Waals surface area contributed by atoms with Crippen molar-refractivity contribution in [1.29, 1.82) is 0 Å². The van der Waals surface area contributed by atoms with Crippen molar-refractivity contribution in [3.63, 3.8) is 0 Å². The molecule has 116 valence electrons. The fraction of sp³-hybridized carbons (Fsp3) is 0.588. The molecular weight excluding hydrogens is 268 g/mol. The molecule has 0 spiro atoms. The van der Waals surface area contributed by atoms with Crippen LogP contribution in [0.25, 0.3) is 0 Å². The topological polar surface area (TPSA) is 44.8 Å². The number of carbonyl (C=O) groups is 1. The molecule has 4 nitrogen and oxygen atoms in total. The molecule has 0 heterocycles. The van der Waals surface area contributed by atoms with Crippen molar-refractivity contribution in [2.75, 3.05) is 21.3 Å². The summed E-state index contributed by atoms with van der Waals surface area (Å²) in [6.07, 6.45) is 4.25. The van der Waals surface area contributed by atoms with E-state index >= 15 is 0 Å². The third kappa shape index (κ3) is 3.14. The number of hydrogen-bond acceptors (Lipinski definition) is 4. The highest BCUT2D eigenvalue weighted by molar-refractivity contribution is 6.01. The van der Waals surface area contributed by atoms with Gasteiger partial charge in [0.05, 0.1) is 26.9 Å². The predicted molar refractivity (Wildman–Crippen MR) is 81.6 cm³/mol. The number of ether oxygens (including phenoxy) is 3. The molecule has 0 amide bonds. The predicted octanol–water partition coefficient (Wildman–Crippen LogP) is 3.72. The lowest BCUT2D eigenvalue weighted by Crippen LogP contribution is -2.22. The molecule has 21 heavy (non-hydrogen) atoms. The highest BCUT2D eigenvalue weighted by Gasteiger charge is 2.29. The van der Waals surface area contributed by atoms with E-state index in [0.717, 1.165) is 19.3 Å². The summed E-state index contributed by atoms with van der Waals surface area (Å²) in [6, 6.07) is 3.54. The largest absolute Gasteiger partial charge is 0.493 e. The third-order valence-electron chi connectivity index (χ3n) is 4.28. The summed E-state index contributed by atoms with van der Waals surface area (Å²) in [5, 5.41) is 0. The Morgan fingerprint density at radius 1 is 1.05 bits per heavy atom. The molecule has 0 aromatic heterocycles. The Balaban J connectivity index is 2.36. The Kier molecular flexibility index (Phi) is 5.10. The molecule has 1 aliphatic rings. The number of Topliss-reactive ketones (excluding diaryl/α,β-unsaturated/α-hetero) is 1. The summed E-state index contributed by atoms with van der Waals surface area (Å²) in [5.74, 6) is 2.37. The second-order valence-corrected chi connectivity index (χ2v) is 5.71. The highest BCUT2D eigenvalue weighted by Crippen LogP contribution is 2.42. The number of carbonyl (C=O) groups excluding carboxylic acids is 1. The van der Waals surface area contributed by atoms with Gasteiger partial charge in [-0.2, -0.15) is 0 Å². The fourth-order valence-electron chi connectivity index (χ4n) is 3.19. The molecule has 0 radical (unpaired) electrons. The molecule has 2 atom stereocenters. The zero-order chi connectivity index (χ0) is 15.4. The van der Waals surface area contributed by atoms with E-state index in [1.54, 1.807) is 33.5 Å². The van der Waals surface area contributed by atoms with Gasteiger partial charge in [-0.1, -0.05) is 19.8 Å². The first-order valence-electron chi connectivity index (χ1n) is 7.45. The number of ketones is 1. The second-order valence-electron chi connectivity index (χ2n) is 5.71. The van der Waals surface area contributed by atoms with Gasteiger partial charge in [-0.15, -0.1) is 0 Å². The van der Waals surface area contributed by atoms with Gasteiger partial charge in [-0.3, -0.25) is 4.79 Å². The average Bonchev–Trinajstić information content (AvgIpc) is 2.52. The van der Waals surface area contributed by atoms with Crippen molar-refractivity contribution < 1.29 is 19.0 Å². The minimum atomic E-state index is 0.0840. The summed E-state index contributed by atoms with van der Waals surface area (Å²) in [5.41, 5.74) is 0.592. The number of methoxy groups -OCH3 is 3. The molecule has 0 bridgehead atoms. The molecule has 1 aromatic rings. The van der Waals surface area contributed by atoms with E-state index in [0.29, 0.717) is 28.7 Å². The second kappa shape index (κ2) is 6.83.